The maximum absolute atomic E-state index is 2.42. The van der Waals surface area contributed by atoms with Crippen LogP contribution in [0.5, 0.6) is 0 Å². The highest BCUT2D eigenvalue weighted by Crippen LogP contribution is 2.27. The van der Waals surface area contributed by atoms with E-state index >= 15 is 0 Å². The zero-order chi connectivity index (χ0) is 12.9. The fourth-order valence-corrected chi connectivity index (χ4v) is 2.68. The number of benzene rings is 2. The summed E-state index contributed by atoms with van der Waals surface area (Å²) in [7, 11) is 0. The van der Waals surface area contributed by atoms with Gasteiger partial charge in [0.05, 0.1) is 0 Å². The lowest BCUT2D eigenvalue weighted by Gasteiger charge is -2.13. The number of hydrogen-bond donors (Lipinski definition) is 0. The summed E-state index contributed by atoms with van der Waals surface area (Å²) in [6.45, 7) is 2.29. The summed E-state index contributed by atoms with van der Waals surface area (Å²) in [6, 6.07) is 21.3. The van der Waals surface area contributed by atoms with E-state index in [-0.39, 0.29) is 0 Å². The van der Waals surface area contributed by atoms with Gasteiger partial charge in [0, 0.05) is 19.0 Å². The quantitative estimate of drug-likeness (QED) is 0.790. The first-order chi connectivity index (χ1) is 9.42. The van der Waals surface area contributed by atoms with Gasteiger partial charge in [0.1, 0.15) is 0 Å². The first-order valence-corrected chi connectivity index (χ1v) is 6.94. The van der Waals surface area contributed by atoms with Crippen molar-refractivity contribution in [2.45, 2.75) is 12.3 Å². The molecule has 1 nitrogen and oxygen atoms in total. The molecular weight excluding hydrogens is 230 g/mol. The van der Waals surface area contributed by atoms with Gasteiger partial charge in [0.15, 0.2) is 0 Å². The minimum absolute atomic E-state index is 0.682. The van der Waals surface area contributed by atoms with E-state index in [2.05, 4.69) is 77.8 Å². The molecule has 0 aromatic heterocycles. The summed E-state index contributed by atoms with van der Waals surface area (Å²) in [6.07, 6.45) is 5.69. The monoisotopic (exact) mass is 249 g/mol. The van der Waals surface area contributed by atoms with Crippen molar-refractivity contribution in [2.75, 3.05) is 13.1 Å². The van der Waals surface area contributed by atoms with Gasteiger partial charge in [-0.25, -0.2) is 0 Å². The van der Waals surface area contributed by atoms with Gasteiger partial charge in [0.2, 0.25) is 0 Å². The Balaban J connectivity index is 1.62. The highest BCUT2D eigenvalue weighted by molar-refractivity contribution is 5.48. The lowest BCUT2D eigenvalue weighted by atomic mass is 9.99. The largest absolute Gasteiger partial charge is 0.377 e. The molecule has 2 aromatic rings. The molecule has 0 N–H and O–H groups in total. The van der Waals surface area contributed by atoms with E-state index in [0.29, 0.717) is 5.92 Å². The van der Waals surface area contributed by atoms with E-state index < -0.39 is 0 Å². The topological polar surface area (TPSA) is 3.24 Å². The van der Waals surface area contributed by atoms with Crippen molar-refractivity contribution in [2.24, 2.45) is 0 Å². The fraction of sp³-hybridized carbons (Fsp3) is 0.222. The molecule has 1 fully saturated rings. The van der Waals surface area contributed by atoms with Crippen LogP contribution in [0.4, 0.5) is 0 Å². The average molecular weight is 249 g/mol. The second-order valence-electron chi connectivity index (χ2n) is 5.12. The van der Waals surface area contributed by atoms with Crippen LogP contribution in [0.3, 0.4) is 0 Å². The molecule has 0 saturated carbocycles. The summed E-state index contributed by atoms with van der Waals surface area (Å²) in [5.41, 5.74) is 2.74. The maximum Gasteiger partial charge on any atom is 0.0242 e. The second-order valence-corrected chi connectivity index (χ2v) is 5.12. The normalized spacial score (nSPS) is 19.2. The first kappa shape index (κ1) is 12.0. The Labute approximate surface area is 115 Å². The zero-order valence-corrected chi connectivity index (χ0v) is 11.1. The standard InChI is InChI=1S/C18H19N/c1-3-7-16(8-4-1)11-13-19-14-12-18(15-19)17-9-5-2-6-10-17/h1-11,13,18H,12,14-15H2/b13-11+. The Morgan fingerprint density at radius 3 is 2.32 bits per heavy atom. The SMILES string of the molecule is C(=C\N1CCC(c2ccccc2)C1)/c1ccccc1. The van der Waals surface area contributed by atoms with Crippen molar-refractivity contribution in [3.63, 3.8) is 0 Å². The van der Waals surface area contributed by atoms with Gasteiger partial charge in [0.25, 0.3) is 0 Å². The molecule has 1 aliphatic heterocycles. The molecule has 19 heavy (non-hydrogen) atoms. The van der Waals surface area contributed by atoms with Crippen LogP contribution in [0.1, 0.15) is 23.5 Å². The summed E-state index contributed by atoms with van der Waals surface area (Å²) >= 11 is 0. The Morgan fingerprint density at radius 1 is 0.895 bits per heavy atom. The summed E-state index contributed by atoms with van der Waals surface area (Å²) < 4.78 is 0. The van der Waals surface area contributed by atoms with Crippen molar-refractivity contribution >= 4 is 6.08 Å². The van der Waals surface area contributed by atoms with E-state index in [9.17, 15) is 0 Å². The third-order valence-electron chi connectivity index (χ3n) is 3.77. The van der Waals surface area contributed by atoms with E-state index in [1.165, 1.54) is 17.5 Å². The Kier molecular flexibility index (Phi) is 3.64. The van der Waals surface area contributed by atoms with Crippen LogP contribution in [0.15, 0.2) is 66.9 Å². The Morgan fingerprint density at radius 2 is 1.58 bits per heavy atom. The molecule has 96 valence electrons. The molecule has 1 atom stereocenters. The molecular formula is C18H19N. The predicted octanol–water partition coefficient (Wildman–Crippen LogP) is 4.15. The smallest absolute Gasteiger partial charge is 0.0242 e. The van der Waals surface area contributed by atoms with Crippen molar-refractivity contribution in [1.82, 2.24) is 4.90 Å². The van der Waals surface area contributed by atoms with Crippen molar-refractivity contribution in [1.29, 1.82) is 0 Å². The van der Waals surface area contributed by atoms with Crippen LogP contribution in [0, 0.1) is 0 Å². The third-order valence-corrected chi connectivity index (χ3v) is 3.77. The van der Waals surface area contributed by atoms with Gasteiger partial charge < -0.3 is 4.90 Å². The molecule has 1 aliphatic rings. The van der Waals surface area contributed by atoms with Crippen molar-refractivity contribution in [3.8, 4) is 0 Å². The minimum Gasteiger partial charge on any atom is -0.377 e. The number of likely N-dealkylation sites (tertiary alicyclic amines) is 1. The van der Waals surface area contributed by atoms with E-state index in [4.69, 9.17) is 0 Å². The van der Waals surface area contributed by atoms with Gasteiger partial charge in [-0.3, -0.25) is 0 Å². The van der Waals surface area contributed by atoms with Crippen LogP contribution in [0.25, 0.3) is 6.08 Å². The van der Waals surface area contributed by atoms with Gasteiger partial charge in [-0.2, -0.15) is 0 Å². The molecule has 1 saturated heterocycles. The summed E-state index contributed by atoms with van der Waals surface area (Å²) in [4.78, 5) is 2.42. The molecule has 0 spiro atoms. The highest BCUT2D eigenvalue weighted by atomic mass is 15.1. The van der Waals surface area contributed by atoms with Gasteiger partial charge >= 0.3 is 0 Å². The van der Waals surface area contributed by atoms with Gasteiger partial charge in [-0.1, -0.05) is 60.7 Å². The number of nitrogens with zero attached hydrogens (tertiary/aromatic N) is 1. The predicted molar refractivity (Wildman–Crippen MR) is 80.8 cm³/mol. The van der Waals surface area contributed by atoms with Crippen LogP contribution in [-0.2, 0) is 0 Å². The molecule has 2 aromatic carbocycles. The molecule has 1 heteroatoms. The van der Waals surface area contributed by atoms with Crippen LogP contribution in [0.2, 0.25) is 0 Å². The lowest BCUT2D eigenvalue weighted by molar-refractivity contribution is 0.463. The molecule has 0 amide bonds. The third kappa shape index (κ3) is 3.05. The summed E-state index contributed by atoms with van der Waals surface area (Å²) in [5.74, 6) is 0.682. The number of rotatable bonds is 3. The first-order valence-electron chi connectivity index (χ1n) is 6.94. The highest BCUT2D eigenvalue weighted by Gasteiger charge is 2.21. The van der Waals surface area contributed by atoms with Crippen molar-refractivity contribution < 1.29 is 0 Å². The molecule has 1 heterocycles. The summed E-state index contributed by atoms with van der Waals surface area (Å²) in [5, 5.41) is 0. The molecule has 0 aliphatic carbocycles. The van der Waals surface area contributed by atoms with E-state index in [0.717, 1.165) is 13.1 Å². The minimum atomic E-state index is 0.682. The lowest BCUT2D eigenvalue weighted by Crippen LogP contribution is -2.12. The zero-order valence-electron chi connectivity index (χ0n) is 11.1. The number of hydrogen-bond acceptors (Lipinski definition) is 1. The maximum atomic E-state index is 2.42. The Bertz CT molecular complexity index is 530. The molecule has 0 radical (unpaired) electrons. The fourth-order valence-electron chi connectivity index (χ4n) is 2.68. The van der Waals surface area contributed by atoms with Crippen LogP contribution in [-0.4, -0.2) is 18.0 Å². The van der Waals surface area contributed by atoms with E-state index in [1.54, 1.807) is 0 Å². The van der Waals surface area contributed by atoms with Crippen molar-refractivity contribution in [3.05, 3.63) is 78.0 Å². The van der Waals surface area contributed by atoms with Crippen LogP contribution >= 0.6 is 0 Å². The van der Waals surface area contributed by atoms with Crippen LogP contribution < -0.4 is 0 Å². The average Bonchev–Trinajstić information content (AvgIpc) is 2.96. The van der Waals surface area contributed by atoms with Gasteiger partial charge in [-0.15, -0.1) is 0 Å². The van der Waals surface area contributed by atoms with E-state index in [1.807, 2.05) is 0 Å². The molecule has 3 rings (SSSR count). The molecule has 0 bridgehead atoms. The second kappa shape index (κ2) is 5.75. The Hall–Kier alpha value is -2.02. The van der Waals surface area contributed by atoms with Gasteiger partial charge in [-0.05, 0) is 29.8 Å². The molecule has 1 unspecified atom stereocenters.